The fraction of sp³-hybridized carbons (Fsp3) is 0.296. The van der Waals surface area contributed by atoms with E-state index in [-0.39, 0.29) is 16.9 Å². The average molecular weight is 449 g/mol. The fourth-order valence-electron chi connectivity index (χ4n) is 5.46. The van der Waals surface area contributed by atoms with Crippen LogP contribution in [0.2, 0.25) is 0 Å². The minimum absolute atomic E-state index is 0.00781. The van der Waals surface area contributed by atoms with Crippen molar-refractivity contribution < 1.29 is 22.0 Å². The van der Waals surface area contributed by atoms with Crippen LogP contribution in [0.1, 0.15) is 48.9 Å². The molecule has 0 aliphatic heterocycles. The van der Waals surface area contributed by atoms with E-state index in [2.05, 4.69) is 31.0 Å². The van der Waals surface area contributed by atoms with Gasteiger partial charge in [-0.3, -0.25) is 0 Å². The molecule has 6 heteroatoms. The topological polar surface area (TPSA) is 39.2 Å². The molecule has 0 saturated carbocycles. The van der Waals surface area contributed by atoms with Gasteiger partial charge in [-0.1, -0.05) is 38.1 Å². The third kappa shape index (κ3) is 2.86. The van der Waals surface area contributed by atoms with Gasteiger partial charge in [0.25, 0.3) is 0 Å². The van der Waals surface area contributed by atoms with E-state index in [0.717, 1.165) is 47.1 Å². The van der Waals surface area contributed by atoms with Crippen molar-refractivity contribution in [1.82, 2.24) is 4.98 Å². The molecule has 3 nitrogen and oxygen atoms in total. The van der Waals surface area contributed by atoms with Gasteiger partial charge >= 0.3 is 6.18 Å². The van der Waals surface area contributed by atoms with Crippen LogP contribution in [0.25, 0.3) is 44.3 Å². The largest absolute Gasteiger partial charge is 0.463 e. The van der Waals surface area contributed by atoms with Crippen molar-refractivity contribution in [1.29, 1.82) is 0 Å². The van der Waals surface area contributed by atoms with Crippen molar-refractivity contribution in [2.45, 2.75) is 51.6 Å². The molecule has 168 valence electrons. The van der Waals surface area contributed by atoms with Crippen LogP contribution >= 0.6 is 0 Å². The Morgan fingerprint density at radius 1 is 1.00 bits per heavy atom. The van der Waals surface area contributed by atoms with E-state index in [9.17, 15) is 13.2 Å². The molecule has 0 fully saturated rings. The van der Waals surface area contributed by atoms with Gasteiger partial charge in [0.2, 0.25) is 5.89 Å². The molecule has 0 unspecified atom stereocenters. The number of alkyl halides is 3. The van der Waals surface area contributed by atoms with Crippen LogP contribution in [0.3, 0.4) is 0 Å². The monoisotopic (exact) mass is 449 g/mol. The lowest BCUT2D eigenvalue weighted by molar-refractivity contribution is -0.137. The molecule has 5 aromatic rings. The Hall–Kier alpha value is -3.28. The molecule has 0 N–H and O–H groups in total. The molecule has 0 radical (unpaired) electrons. The lowest BCUT2D eigenvalue weighted by Crippen LogP contribution is -2.23. The number of aromatic nitrogens is 1. The van der Waals surface area contributed by atoms with Crippen molar-refractivity contribution in [3.63, 3.8) is 0 Å². The summed E-state index contributed by atoms with van der Waals surface area (Å²) in [5.41, 5.74) is 4.27. The number of hydrogen-bond donors (Lipinski definition) is 0. The van der Waals surface area contributed by atoms with Crippen molar-refractivity contribution >= 4 is 32.8 Å². The molecule has 33 heavy (non-hydrogen) atoms. The highest BCUT2D eigenvalue weighted by molar-refractivity contribution is 6.23. The lowest BCUT2D eigenvalue weighted by atomic mass is 9.71. The predicted octanol–water partition coefficient (Wildman–Crippen LogP) is 8.34. The number of benzene rings is 3. The van der Waals surface area contributed by atoms with E-state index in [4.69, 9.17) is 8.83 Å². The van der Waals surface area contributed by atoms with E-state index >= 15 is 0 Å². The number of fused-ring (bicyclic) bond motifs is 8. The maximum Gasteiger partial charge on any atom is 0.417 e. The molecular formula is C27H22F3NO2. The Bertz CT molecular complexity index is 1570. The summed E-state index contributed by atoms with van der Waals surface area (Å²) in [5.74, 6) is -0.0278. The van der Waals surface area contributed by atoms with Crippen LogP contribution in [0.15, 0.2) is 51.5 Å². The second kappa shape index (κ2) is 6.62. The number of rotatable bonds is 1. The molecule has 2 aromatic heterocycles. The van der Waals surface area contributed by atoms with Gasteiger partial charge in [-0.15, -0.1) is 0 Å². The molecule has 6 rings (SSSR count). The van der Waals surface area contributed by atoms with Gasteiger partial charge in [-0.2, -0.15) is 13.2 Å². The standard InChI is InChI=1S/C27H22F3NO2/c1-14-13-32-23-17-10-11-18-15(8-6-12-26(18,2)3)21(17)24-22(20(14)23)31-25(33-24)16-7-4-5-9-19(16)27(28,29)30/h4-5,7,9-11,13H,6,8,12H2,1-3H3. The van der Waals surface area contributed by atoms with Gasteiger partial charge < -0.3 is 8.83 Å². The highest BCUT2D eigenvalue weighted by atomic mass is 19.4. The van der Waals surface area contributed by atoms with Crippen molar-refractivity contribution in [3.05, 3.63) is 64.9 Å². The first-order valence-corrected chi connectivity index (χ1v) is 11.1. The van der Waals surface area contributed by atoms with Gasteiger partial charge in [-0.25, -0.2) is 4.98 Å². The zero-order valence-corrected chi connectivity index (χ0v) is 18.6. The Morgan fingerprint density at radius 2 is 1.79 bits per heavy atom. The molecule has 2 heterocycles. The molecular weight excluding hydrogens is 427 g/mol. The van der Waals surface area contributed by atoms with E-state index in [0.29, 0.717) is 16.7 Å². The predicted molar refractivity (Wildman–Crippen MR) is 122 cm³/mol. The maximum absolute atomic E-state index is 13.7. The van der Waals surface area contributed by atoms with E-state index in [1.165, 1.54) is 23.3 Å². The Morgan fingerprint density at radius 3 is 2.58 bits per heavy atom. The van der Waals surface area contributed by atoms with Crippen LogP contribution in [-0.2, 0) is 18.0 Å². The van der Waals surface area contributed by atoms with E-state index in [1.807, 2.05) is 6.92 Å². The normalized spacial score (nSPS) is 16.1. The van der Waals surface area contributed by atoms with E-state index in [1.54, 1.807) is 12.3 Å². The highest BCUT2D eigenvalue weighted by Gasteiger charge is 2.35. The number of nitrogens with zero attached hydrogens (tertiary/aromatic N) is 1. The van der Waals surface area contributed by atoms with Crippen LogP contribution in [-0.4, -0.2) is 4.98 Å². The molecule has 0 spiro atoms. The summed E-state index contributed by atoms with van der Waals surface area (Å²) in [6.07, 6.45) is 0.158. The maximum atomic E-state index is 13.7. The molecule has 3 aromatic carbocycles. The van der Waals surface area contributed by atoms with Gasteiger partial charge in [0.1, 0.15) is 11.1 Å². The summed E-state index contributed by atoms with van der Waals surface area (Å²) < 4.78 is 53.4. The number of aryl methyl sites for hydroxylation is 2. The van der Waals surface area contributed by atoms with Gasteiger partial charge in [0, 0.05) is 16.3 Å². The van der Waals surface area contributed by atoms with Crippen molar-refractivity contribution in [3.8, 4) is 11.5 Å². The Kier molecular flexibility index (Phi) is 4.08. The fourth-order valence-corrected chi connectivity index (χ4v) is 5.46. The number of hydrogen-bond acceptors (Lipinski definition) is 3. The number of halogens is 3. The minimum Gasteiger partial charge on any atom is -0.463 e. The first-order valence-electron chi connectivity index (χ1n) is 11.1. The molecule has 1 aliphatic carbocycles. The quantitative estimate of drug-likeness (QED) is 0.258. The van der Waals surface area contributed by atoms with Crippen molar-refractivity contribution in [2.75, 3.05) is 0 Å². The average Bonchev–Trinajstić information content (AvgIpc) is 3.36. The zero-order valence-electron chi connectivity index (χ0n) is 18.6. The van der Waals surface area contributed by atoms with Crippen molar-refractivity contribution in [2.24, 2.45) is 0 Å². The summed E-state index contributed by atoms with van der Waals surface area (Å²) in [6, 6.07) is 9.63. The first-order chi connectivity index (χ1) is 15.7. The molecule has 0 bridgehead atoms. The van der Waals surface area contributed by atoms with Gasteiger partial charge in [0.15, 0.2) is 5.58 Å². The van der Waals surface area contributed by atoms with E-state index < -0.39 is 11.7 Å². The van der Waals surface area contributed by atoms with Crippen LogP contribution < -0.4 is 0 Å². The first kappa shape index (κ1) is 20.3. The molecule has 1 aliphatic rings. The smallest absolute Gasteiger partial charge is 0.417 e. The number of oxazole rings is 1. The third-order valence-corrected chi connectivity index (χ3v) is 7.04. The summed E-state index contributed by atoms with van der Waals surface area (Å²) in [4.78, 5) is 4.63. The van der Waals surface area contributed by atoms with Crippen LogP contribution in [0.4, 0.5) is 13.2 Å². The lowest BCUT2D eigenvalue weighted by Gasteiger charge is -2.33. The number of furan rings is 1. The SMILES string of the molecule is Cc1coc2c3ccc4c(c3c3oc(-c5ccccc5C(F)(F)F)nc3c12)CCCC4(C)C. The van der Waals surface area contributed by atoms with Gasteiger partial charge in [0.05, 0.1) is 17.2 Å². The summed E-state index contributed by atoms with van der Waals surface area (Å²) >= 11 is 0. The van der Waals surface area contributed by atoms with Crippen LogP contribution in [0, 0.1) is 6.92 Å². The third-order valence-electron chi connectivity index (χ3n) is 7.04. The zero-order chi connectivity index (χ0) is 23.1. The van der Waals surface area contributed by atoms with Crippen LogP contribution in [0.5, 0.6) is 0 Å². The highest BCUT2D eigenvalue weighted by Crippen LogP contribution is 2.47. The summed E-state index contributed by atoms with van der Waals surface area (Å²) in [7, 11) is 0. The minimum atomic E-state index is -4.51. The molecule has 0 atom stereocenters. The molecule has 0 amide bonds. The Balaban J connectivity index is 1.78. The Labute approximate surface area is 188 Å². The van der Waals surface area contributed by atoms with Gasteiger partial charge in [-0.05, 0) is 60.4 Å². The summed E-state index contributed by atoms with van der Waals surface area (Å²) in [6.45, 7) is 6.38. The molecule has 0 saturated heterocycles. The second-order valence-electron chi connectivity index (χ2n) is 9.61. The second-order valence-corrected chi connectivity index (χ2v) is 9.61. The summed E-state index contributed by atoms with van der Waals surface area (Å²) in [5, 5.41) is 2.60.